The van der Waals surface area contributed by atoms with Crippen molar-refractivity contribution in [2.75, 3.05) is 66.0 Å². The van der Waals surface area contributed by atoms with Gasteiger partial charge in [-0.05, 0) is 25.7 Å². The third-order valence-electron chi connectivity index (χ3n) is 6.61. The van der Waals surface area contributed by atoms with Crippen LogP contribution < -0.4 is 5.32 Å². The quantitative estimate of drug-likeness (QED) is 0.521. The molecule has 1 N–H and O–H groups in total. The molecule has 2 saturated heterocycles. The fourth-order valence-corrected chi connectivity index (χ4v) is 4.40. The molecule has 8 heteroatoms. The number of hydrogen-bond donors (Lipinski definition) is 1. The molecule has 0 atom stereocenters. The standard InChI is InChI=1S/C20H34N6O2/c1-21-20(25-13-14-26(17-5-6-17)18(27)15-25)22-7-8-23-9-11-24(12-10-23)19(28)16-3-2-4-16/h16-17H,2-15H2,1H3,(H,21,22). The Morgan fingerprint density at radius 3 is 2.32 bits per heavy atom. The Morgan fingerprint density at radius 2 is 1.75 bits per heavy atom. The Kier molecular flexibility index (Phi) is 6.04. The van der Waals surface area contributed by atoms with Crippen LogP contribution in [0, 0.1) is 5.92 Å². The van der Waals surface area contributed by atoms with Crippen LogP contribution in [0.15, 0.2) is 4.99 Å². The lowest BCUT2D eigenvalue weighted by Crippen LogP contribution is -2.56. The van der Waals surface area contributed by atoms with Gasteiger partial charge >= 0.3 is 0 Å². The minimum absolute atomic E-state index is 0.226. The van der Waals surface area contributed by atoms with Gasteiger partial charge in [0.1, 0.15) is 0 Å². The summed E-state index contributed by atoms with van der Waals surface area (Å²) < 4.78 is 0. The number of nitrogens with zero attached hydrogens (tertiary/aromatic N) is 5. The fourth-order valence-electron chi connectivity index (χ4n) is 4.40. The van der Waals surface area contributed by atoms with Gasteiger partial charge in [0.2, 0.25) is 11.8 Å². The van der Waals surface area contributed by atoms with E-state index in [9.17, 15) is 9.59 Å². The topological polar surface area (TPSA) is 71.5 Å². The van der Waals surface area contributed by atoms with Gasteiger partial charge in [0.05, 0.1) is 6.54 Å². The lowest BCUT2D eigenvalue weighted by atomic mass is 9.84. The molecule has 2 amide bonds. The second kappa shape index (κ2) is 8.68. The van der Waals surface area contributed by atoms with Crippen LogP contribution in [-0.4, -0.2) is 109 Å². The molecule has 2 aliphatic carbocycles. The Morgan fingerprint density at radius 1 is 1.04 bits per heavy atom. The van der Waals surface area contributed by atoms with Gasteiger partial charge in [-0.15, -0.1) is 0 Å². The molecule has 4 fully saturated rings. The van der Waals surface area contributed by atoms with Crippen LogP contribution >= 0.6 is 0 Å². The van der Waals surface area contributed by atoms with E-state index in [1.807, 2.05) is 4.90 Å². The highest BCUT2D eigenvalue weighted by atomic mass is 16.2. The molecule has 0 aromatic rings. The maximum absolute atomic E-state index is 12.3. The number of nitrogens with one attached hydrogen (secondary N) is 1. The second-order valence-corrected chi connectivity index (χ2v) is 8.51. The van der Waals surface area contributed by atoms with Gasteiger partial charge in [-0.25, -0.2) is 0 Å². The predicted molar refractivity (Wildman–Crippen MR) is 108 cm³/mol. The first-order chi connectivity index (χ1) is 13.7. The minimum atomic E-state index is 0.226. The van der Waals surface area contributed by atoms with Gasteiger partial charge in [-0.2, -0.15) is 0 Å². The fraction of sp³-hybridized carbons (Fsp3) is 0.850. The number of hydrogen-bond acceptors (Lipinski definition) is 4. The van der Waals surface area contributed by atoms with Crippen molar-refractivity contribution in [2.24, 2.45) is 10.9 Å². The van der Waals surface area contributed by atoms with Crippen molar-refractivity contribution in [2.45, 2.75) is 38.1 Å². The third-order valence-corrected chi connectivity index (χ3v) is 6.61. The number of carbonyl (C=O) groups excluding carboxylic acids is 2. The summed E-state index contributed by atoms with van der Waals surface area (Å²) in [4.78, 5) is 37.6. The van der Waals surface area contributed by atoms with Crippen LogP contribution in [0.1, 0.15) is 32.1 Å². The van der Waals surface area contributed by atoms with Crippen molar-refractivity contribution in [1.29, 1.82) is 0 Å². The Labute approximate surface area is 167 Å². The lowest BCUT2D eigenvalue weighted by molar-refractivity contribution is -0.140. The van der Waals surface area contributed by atoms with E-state index in [2.05, 4.69) is 25.0 Å². The molecule has 0 aromatic carbocycles. The zero-order chi connectivity index (χ0) is 19.5. The van der Waals surface area contributed by atoms with Crippen molar-refractivity contribution < 1.29 is 9.59 Å². The number of aliphatic imine (C=N–C) groups is 1. The van der Waals surface area contributed by atoms with Crippen LogP contribution in [-0.2, 0) is 9.59 Å². The van der Waals surface area contributed by atoms with Crippen LogP contribution in [0.2, 0.25) is 0 Å². The van der Waals surface area contributed by atoms with Gasteiger partial charge in [0.15, 0.2) is 5.96 Å². The van der Waals surface area contributed by atoms with E-state index in [1.165, 1.54) is 6.42 Å². The van der Waals surface area contributed by atoms with E-state index in [0.717, 1.165) is 84.0 Å². The highest BCUT2D eigenvalue weighted by Crippen LogP contribution is 2.29. The van der Waals surface area contributed by atoms with Crippen LogP contribution in [0.4, 0.5) is 0 Å². The smallest absolute Gasteiger partial charge is 0.242 e. The third kappa shape index (κ3) is 4.42. The first kappa shape index (κ1) is 19.5. The number of amides is 2. The molecule has 4 rings (SSSR count). The lowest BCUT2D eigenvalue weighted by Gasteiger charge is -2.38. The van der Waals surface area contributed by atoms with Crippen LogP contribution in [0.5, 0.6) is 0 Å². The van der Waals surface area contributed by atoms with Crippen molar-refractivity contribution in [1.82, 2.24) is 24.9 Å². The first-order valence-corrected chi connectivity index (χ1v) is 10.9. The zero-order valence-corrected chi connectivity index (χ0v) is 17.1. The molecule has 4 aliphatic rings. The molecule has 8 nitrogen and oxygen atoms in total. The van der Waals surface area contributed by atoms with Crippen molar-refractivity contribution >= 4 is 17.8 Å². The monoisotopic (exact) mass is 390 g/mol. The normalized spacial score (nSPS) is 25.1. The first-order valence-electron chi connectivity index (χ1n) is 10.9. The highest BCUT2D eigenvalue weighted by molar-refractivity contribution is 5.88. The molecular weight excluding hydrogens is 356 g/mol. The van der Waals surface area contributed by atoms with Gasteiger partial charge in [-0.3, -0.25) is 19.5 Å². The largest absolute Gasteiger partial charge is 0.355 e. The summed E-state index contributed by atoms with van der Waals surface area (Å²) in [6, 6.07) is 0.500. The van der Waals surface area contributed by atoms with Crippen molar-refractivity contribution in [3.8, 4) is 0 Å². The molecule has 0 radical (unpaired) electrons. The summed E-state index contributed by atoms with van der Waals surface area (Å²) >= 11 is 0. The van der Waals surface area contributed by atoms with Gasteiger partial charge in [0.25, 0.3) is 0 Å². The summed E-state index contributed by atoms with van der Waals surface area (Å²) in [6.07, 6.45) is 5.71. The Balaban J connectivity index is 1.15. The summed E-state index contributed by atoms with van der Waals surface area (Å²) in [6.45, 7) is 7.40. The minimum Gasteiger partial charge on any atom is -0.355 e. The molecule has 2 aliphatic heterocycles. The van der Waals surface area contributed by atoms with E-state index in [4.69, 9.17) is 0 Å². The van der Waals surface area contributed by atoms with E-state index in [0.29, 0.717) is 24.4 Å². The van der Waals surface area contributed by atoms with Crippen LogP contribution in [0.3, 0.4) is 0 Å². The average molecular weight is 391 g/mol. The summed E-state index contributed by atoms with van der Waals surface area (Å²) in [5, 5.41) is 3.42. The molecule has 2 saturated carbocycles. The summed E-state index contributed by atoms with van der Waals surface area (Å²) in [5.74, 6) is 1.73. The molecule has 2 heterocycles. The van der Waals surface area contributed by atoms with Gasteiger partial charge in [0, 0.05) is 71.4 Å². The van der Waals surface area contributed by atoms with E-state index in [-0.39, 0.29) is 5.91 Å². The van der Waals surface area contributed by atoms with Crippen molar-refractivity contribution in [3.63, 3.8) is 0 Å². The molecule has 0 unspecified atom stereocenters. The van der Waals surface area contributed by atoms with E-state index < -0.39 is 0 Å². The maximum atomic E-state index is 12.3. The summed E-state index contributed by atoms with van der Waals surface area (Å²) in [7, 11) is 1.78. The number of carbonyl (C=O) groups is 2. The molecular formula is C20H34N6O2. The number of rotatable bonds is 5. The Hall–Kier alpha value is -1.83. The average Bonchev–Trinajstić information content (AvgIpc) is 3.49. The molecule has 0 spiro atoms. The molecule has 28 heavy (non-hydrogen) atoms. The van der Waals surface area contributed by atoms with Crippen molar-refractivity contribution in [3.05, 3.63) is 0 Å². The zero-order valence-electron chi connectivity index (χ0n) is 17.1. The van der Waals surface area contributed by atoms with E-state index >= 15 is 0 Å². The maximum Gasteiger partial charge on any atom is 0.242 e. The number of guanidine groups is 1. The van der Waals surface area contributed by atoms with Gasteiger partial charge in [-0.1, -0.05) is 6.42 Å². The van der Waals surface area contributed by atoms with E-state index in [1.54, 1.807) is 7.05 Å². The summed E-state index contributed by atoms with van der Waals surface area (Å²) in [5.41, 5.74) is 0. The molecule has 0 aromatic heterocycles. The van der Waals surface area contributed by atoms with Gasteiger partial charge < -0.3 is 20.0 Å². The highest BCUT2D eigenvalue weighted by Gasteiger charge is 2.36. The SMILES string of the molecule is CN=C(NCCN1CCN(C(=O)C2CCC2)CC1)N1CCN(C2CC2)C(=O)C1. The molecule has 156 valence electrons. The second-order valence-electron chi connectivity index (χ2n) is 8.51. The predicted octanol–water partition coefficient (Wildman–Crippen LogP) is -0.187. The molecule has 0 bridgehead atoms. The number of piperazine rings is 2. The van der Waals surface area contributed by atoms with Crippen LogP contribution in [0.25, 0.3) is 0 Å². The Bertz CT molecular complexity index is 608.